The largest absolute Gasteiger partial charge is 0.368 e. The molecule has 1 saturated heterocycles. The molecule has 1 aliphatic heterocycles. The van der Waals surface area contributed by atoms with Crippen molar-refractivity contribution in [3.63, 3.8) is 0 Å². The van der Waals surface area contributed by atoms with E-state index in [9.17, 15) is 9.59 Å². The van der Waals surface area contributed by atoms with Crippen molar-refractivity contribution >= 4 is 17.5 Å². The number of carbonyl (C=O) groups excluding carboxylic acids is 2. The van der Waals surface area contributed by atoms with Gasteiger partial charge in [-0.05, 0) is 43.5 Å². The fourth-order valence-electron chi connectivity index (χ4n) is 2.71. The number of likely N-dealkylation sites (tertiary alicyclic amines) is 1. The number of benzene rings is 1. The van der Waals surface area contributed by atoms with Crippen LogP contribution >= 0.6 is 0 Å². The van der Waals surface area contributed by atoms with E-state index in [0.29, 0.717) is 0 Å². The highest BCUT2D eigenvalue weighted by molar-refractivity contribution is 5.92. The first-order chi connectivity index (χ1) is 10.1. The summed E-state index contributed by atoms with van der Waals surface area (Å²) in [5.74, 6) is -0.442. The number of rotatable bonds is 5. The zero-order valence-electron chi connectivity index (χ0n) is 12.5. The molecule has 3 N–H and O–H groups in total. The average Bonchev–Trinajstić information content (AvgIpc) is 2.48. The van der Waals surface area contributed by atoms with Gasteiger partial charge in [0.05, 0.1) is 12.6 Å². The normalized spacial score (nSPS) is 19.2. The summed E-state index contributed by atoms with van der Waals surface area (Å²) in [4.78, 5) is 25.4. The van der Waals surface area contributed by atoms with Crippen LogP contribution in [0.25, 0.3) is 0 Å². The number of nitrogens with zero attached hydrogens (tertiary/aromatic N) is 1. The SMILES string of the molecule is CCc1ccc(NC(=O)CN2CCCCC2C(N)=O)cc1. The molecule has 2 amide bonds. The minimum atomic E-state index is -0.338. The van der Waals surface area contributed by atoms with Crippen LogP contribution in [0.15, 0.2) is 24.3 Å². The van der Waals surface area contributed by atoms with Crippen LogP contribution in [-0.4, -0.2) is 35.8 Å². The van der Waals surface area contributed by atoms with Crippen LogP contribution in [0.3, 0.4) is 0 Å². The molecule has 5 nitrogen and oxygen atoms in total. The van der Waals surface area contributed by atoms with Gasteiger partial charge >= 0.3 is 0 Å². The summed E-state index contributed by atoms with van der Waals surface area (Å²) in [5.41, 5.74) is 7.42. The molecule has 0 aromatic heterocycles. The van der Waals surface area contributed by atoms with E-state index in [2.05, 4.69) is 12.2 Å². The van der Waals surface area contributed by atoms with Gasteiger partial charge in [0.2, 0.25) is 11.8 Å². The van der Waals surface area contributed by atoms with Gasteiger partial charge in [-0.25, -0.2) is 0 Å². The molecule has 5 heteroatoms. The number of piperidine rings is 1. The number of aryl methyl sites for hydroxylation is 1. The van der Waals surface area contributed by atoms with E-state index in [-0.39, 0.29) is 24.4 Å². The summed E-state index contributed by atoms with van der Waals surface area (Å²) in [5, 5.41) is 2.87. The Morgan fingerprint density at radius 2 is 2.00 bits per heavy atom. The summed E-state index contributed by atoms with van der Waals surface area (Å²) in [7, 11) is 0. The first-order valence-corrected chi connectivity index (χ1v) is 7.52. The molecule has 1 aromatic rings. The molecule has 0 bridgehead atoms. The van der Waals surface area contributed by atoms with E-state index >= 15 is 0 Å². The number of anilines is 1. The Labute approximate surface area is 125 Å². The Morgan fingerprint density at radius 1 is 1.29 bits per heavy atom. The van der Waals surface area contributed by atoms with Gasteiger partial charge in [0.25, 0.3) is 0 Å². The molecule has 114 valence electrons. The van der Waals surface area contributed by atoms with Gasteiger partial charge < -0.3 is 11.1 Å². The molecule has 1 fully saturated rings. The van der Waals surface area contributed by atoms with E-state index in [0.717, 1.165) is 37.9 Å². The minimum Gasteiger partial charge on any atom is -0.368 e. The summed E-state index contributed by atoms with van der Waals surface area (Å²) in [6.45, 7) is 3.05. The number of primary amides is 1. The van der Waals surface area contributed by atoms with Crippen molar-refractivity contribution in [3.05, 3.63) is 29.8 Å². The molecule has 1 atom stereocenters. The van der Waals surface area contributed by atoms with Crippen LogP contribution < -0.4 is 11.1 Å². The van der Waals surface area contributed by atoms with E-state index in [1.54, 1.807) is 0 Å². The maximum absolute atomic E-state index is 12.1. The van der Waals surface area contributed by atoms with E-state index in [1.807, 2.05) is 29.2 Å². The van der Waals surface area contributed by atoms with Crippen molar-refractivity contribution in [3.8, 4) is 0 Å². The Bertz CT molecular complexity index is 499. The maximum Gasteiger partial charge on any atom is 0.238 e. The third-order valence-corrected chi connectivity index (χ3v) is 3.93. The molecule has 21 heavy (non-hydrogen) atoms. The lowest BCUT2D eigenvalue weighted by Gasteiger charge is -2.32. The van der Waals surface area contributed by atoms with Gasteiger partial charge in [0.1, 0.15) is 0 Å². The molecule has 0 aliphatic carbocycles. The van der Waals surface area contributed by atoms with E-state index < -0.39 is 0 Å². The highest BCUT2D eigenvalue weighted by Gasteiger charge is 2.28. The molecule has 1 aliphatic rings. The second-order valence-electron chi connectivity index (χ2n) is 5.48. The number of hydrogen-bond donors (Lipinski definition) is 2. The molecule has 1 heterocycles. The minimum absolute atomic E-state index is 0.104. The third kappa shape index (κ3) is 4.29. The third-order valence-electron chi connectivity index (χ3n) is 3.93. The Morgan fingerprint density at radius 3 is 2.62 bits per heavy atom. The Balaban J connectivity index is 1.92. The van der Waals surface area contributed by atoms with Crippen molar-refractivity contribution in [2.45, 2.75) is 38.6 Å². The maximum atomic E-state index is 12.1. The zero-order valence-corrected chi connectivity index (χ0v) is 12.5. The standard InChI is InChI=1S/C16H23N3O2/c1-2-12-6-8-13(9-7-12)18-15(20)11-19-10-4-3-5-14(19)16(17)21/h6-9,14H,2-5,10-11H2,1H3,(H2,17,21)(H,18,20). The lowest BCUT2D eigenvalue weighted by molar-refractivity contribution is -0.126. The second-order valence-corrected chi connectivity index (χ2v) is 5.48. The first-order valence-electron chi connectivity index (χ1n) is 7.52. The fraction of sp³-hybridized carbons (Fsp3) is 0.500. The molecule has 0 saturated carbocycles. The molecule has 0 spiro atoms. The van der Waals surface area contributed by atoms with Crippen LogP contribution in [0.1, 0.15) is 31.7 Å². The van der Waals surface area contributed by atoms with E-state index in [1.165, 1.54) is 5.56 Å². The van der Waals surface area contributed by atoms with Gasteiger partial charge in [-0.2, -0.15) is 0 Å². The number of amides is 2. The fourth-order valence-corrected chi connectivity index (χ4v) is 2.71. The van der Waals surface area contributed by atoms with Gasteiger partial charge in [-0.3, -0.25) is 14.5 Å². The topological polar surface area (TPSA) is 75.4 Å². The summed E-state index contributed by atoms with van der Waals surface area (Å²) in [6, 6.07) is 7.49. The molecule has 0 radical (unpaired) electrons. The number of hydrogen-bond acceptors (Lipinski definition) is 3. The van der Waals surface area contributed by atoms with Crippen LogP contribution in [0.2, 0.25) is 0 Å². The predicted molar refractivity (Wildman–Crippen MR) is 82.9 cm³/mol. The van der Waals surface area contributed by atoms with Crippen LogP contribution in [0.4, 0.5) is 5.69 Å². The lowest BCUT2D eigenvalue weighted by Crippen LogP contribution is -2.50. The molecular formula is C16H23N3O2. The summed E-state index contributed by atoms with van der Waals surface area (Å²) < 4.78 is 0. The quantitative estimate of drug-likeness (QED) is 0.863. The van der Waals surface area contributed by atoms with Gasteiger partial charge in [0, 0.05) is 5.69 Å². The Kier molecular flexibility index (Phi) is 5.33. The van der Waals surface area contributed by atoms with Crippen molar-refractivity contribution in [2.75, 3.05) is 18.4 Å². The number of nitrogens with one attached hydrogen (secondary N) is 1. The van der Waals surface area contributed by atoms with E-state index in [4.69, 9.17) is 5.73 Å². The number of carbonyl (C=O) groups is 2. The van der Waals surface area contributed by atoms with Crippen molar-refractivity contribution in [2.24, 2.45) is 5.73 Å². The average molecular weight is 289 g/mol. The molecule has 1 unspecified atom stereocenters. The second kappa shape index (κ2) is 7.22. The van der Waals surface area contributed by atoms with Crippen molar-refractivity contribution in [1.29, 1.82) is 0 Å². The predicted octanol–water partition coefficient (Wildman–Crippen LogP) is 1.53. The molecule has 1 aromatic carbocycles. The summed E-state index contributed by atoms with van der Waals surface area (Å²) in [6.07, 6.45) is 3.71. The van der Waals surface area contributed by atoms with Gasteiger partial charge in [0.15, 0.2) is 0 Å². The molecule has 2 rings (SSSR count). The van der Waals surface area contributed by atoms with Crippen LogP contribution in [0.5, 0.6) is 0 Å². The molecular weight excluding hydrogens is 266 g/mol. The van der Waals surface area contributed by atoms with Gasteiger partial charge in [-0.15, -0.1) is 0 Å². The highest BCUT2D eigenvalue weighted by Crippen LogP contribution is 2.17. The Hall–Kier alpha value is -1.88. The first kappa shape index (κ1) is 15.5. The van der Waals surface area contributed by atoms with Crippen molar-refractivity contribution in [1.82, 2.24) is 4.90 Å². The van der Waals surface area contributed by atoms with Crippen molar-refractivity contribution < 1.29 is 9.59 Å². The van der Waals surface area contributed by atoms with Crippen LogP contribution in [0, 0.1) is 0 Å². The highest BCUT2D eigenvalue weighted by atomic mass is 16.2. The van der Waals surface area contributed by atoms with Crippen LogP contribution in [-0.2, 0) is 16.0 Å². The smallest absolute Gasteiger partial charge is 0.238 e. The monoisotopic (exact) mass is 289 g/mol. The van der Waals surface area contributed by atoms with Gasteiger partial charge in [-0.1, -0.05) is 25.5 Å². The zero-order chi connectivity index (χ0) is 15.2. The lowest BCUT2D eigenvalue weighted by atomic mass is 10.0. The number of nitrogens with two attached hydrogens (primary N) is 1. The summed E-state index contributed by atoms with van der Waals surface area (Å²) >= 11 is 0.